The number of hydroxylamine groups is 2. The first-order valence-electron chi connectivity index (χ1n) is 5.51. The van der Waals surface area contributed by atoms with Gasteiger partial charge in [0.1, 0.15) is 0 Å². The van der Waals surface area contributed by atoms with E-state index in [1.165, 1.54) is 0 Å². The molecule has 0 spiro atoms. The molecule has 0 radical (unpaired) electrons. The number of Topliss-reactive ketones (excluding diaryl/α,β-unsaturated/α-hetero) is 1. The van der Waals surface area contributed by atoms with Crippen LogP contribution in [0.5, 0.6) is 0 Å². The molecule has 7 nitrogen and oxygen atoms in total. The topological polar surface area (TPSA) is 110 Å². The summed E-state index contributed by atoms with van der Waals surface area (Å²) < 4.78 is 0. The molecule has 0 aromatic carbocycles. The molecule has 1 rings (SSSR count). The molecule has 1 fully saturated rings. The van der Waals surface area contributed by atoms with Crippen LogP contribution < -0.4 is 5.73 Å². The Morgan fingerprint density at radius 2 is 2.22 bits per heavy atom. The zero-order valence-electron chi connectivity index (χ0n) is 9.72. The lowest BCUT2D eigenvalue weighted by Crippen LogP contribution is -2.34. The molecule has 0 aromatic rings. The predicted octanol–water partition coefficient (Wildman–Crippen LogP) is -1.30. The number of aliphatic hydroxyl groups is 1. The Balaban J connectivity index is 2.44. The monoisotopic (exact) mass is 254 g/mol. The molecule has 1 amide bonds. The lowest BCUT2D eigenvalue weighted by Gasteiger charge is -2.16. The Bertz CT molecular complexity index is 409. The number of hydrogen-bond donors (Lipinski definition) is 2. The van der Waals surface area contributed by atoms with Crippen LogP contribution in [-0.2, 0) is 19.2 Å². The van der Waals surface area contributed by atoms with Crippen molar-refractivity contribution in [2.75, 3.05) is 6.54 Å². The van der Waals surface area contributed by atoms with Crippen LogP contribution in [0.2, 0.25) is 0 Å². The fraction of sp³-hybridized carbons (Fsp3) is 0.545. The van der Waals surface area contributed by atoms with E-state index in [1.807, 2.05) is 5.92 Å². The zero-order chi connectivity index (χ0) is 13.5. The highest BCUT2D eigenvalue weighted by Crippen LogP contribution is 2.16. The van der Waals surface area contributed by atoms with Crippen LogP contribution in [-0.4, -0.2) is 40.6 Å². The average Bonchev–Trinajstić information content (AvgIpc) is 2.65. The van der Waals surface area contributed by atoms with Crippen molar-refractivity contribution in [1.82, 2.24) is 5.06 Å². The first-order valence-corrected chi connectivity index (χ1v) is 5.51. The summed E-state index contributed by atoms with van der Waals surface area (Å²) in [5.74, 6) is 2.07. The first-order chi connectivity index (χ1) is 8.54. The van der Waals surface area contributed by atoms with Crippen molar-refractivity contribution < 1.29 is 24.3 Å². The summed E-state index contributed by atoms with van der Waals surface area (Å²) >= 11 is 0. The van der Waals surface area contributed by atoms with E-state index in [2.05, 4.69) is 10.8 Å². The maximum Gasteiger partial charge on any atom is 0.409 e. The Kier molecular flexibility index (Phi) is 5.30. The highest BCUT2D eigenvalue weighted by Gasteiger charge is 2.32. The number of nitrogens with zero attached hydrogens (tertiary/aromatic N) is 1. The third-order valence-electron chi connectivity index (χ3n) is 2.23. The van der Waals surface area contributed by atoms with Crippen LogP contribution in [0.3, 0.4) is 0 Å². The van der Waals surface area contributed by atoms with Crippen LogP contribution in [0.1, 0.15) is 25.7 Å². The van der Waals surface area contributed by atoms with Gasteiger partial charge in [-0.3, -0.25) is 9.59 Å². The maximum absolute atomic E-state index is 11.2. The molecule has 1 atom stereocenters. The fourth-order valence-electron chi connectivity index (χ4n) is 1.32. The van der Waals surface area contributed by atoms with Crippen LogP contribution in [0.4, 0.5) is 0 Å². The minimum Gasteiger partial charge on any atom is -0.370 e. The SMILES string of the molecule is NCCCC(=O)C#CC(=O)ON1C(=O)CCC1O. The van der Waals surface area contributed by atoms with E-state index in [4.69, 9.17) is 5.73 Å². The molecule has 1 saturated heterocycles. The van der Waals surface area contributed by atoms with Gasteiger partial charge in [-0.15, -0.1) is 5.06 Å². The quantitative estimate of drug-likeness (QED) is 0.476. The fourth-order valence-corrected chi connectivity index (χ4v) is 1.32. The van der Waals surface area contributed by atoms with Crippen molar-refractivity contribution in [2.45, 2.75) is 31.9 Å². The molecule has 18 heavy (non-hydrogen) atoms. The number of carbonyl (C=O) groups is 3. The lowest BCUT2D eigenvalue weighted by atomic mass is 10.2. The van der Waals surface area contributed by atoms with E-state index in [9.17, 15) is 19.5 Å². The number of rotatable bonds is 4. The maximum atomic E-state index is 11.2. The van der Waals surface area contributed by atoms with Gasteiger partial charge in [-0.25, -0.2) is 4.79 Å². The normalized spacial score (nSPS) is 18.2. The Morgan fingerprint density at radius 3 is 2.78 bits per heavy atom. The molecule has 1 heterocycles. The van der Waals surface area contributed by atoms with Gasteiger partial charge in [0.25, 0.3) is 5.91 Å². The number of amides is 1. The van der Waals surface area contributed by atoms with Crippen LogP contribution in [0.25, 0.3) is 0 Å². The molecule has 1 aliphatic heterocycles. The third-order valence-corrected chi connectivity index (χ3v) is 2.23. The Morgan fingerprint density at radius 1 is 1.50 bits per heavy atom. The summed E-state index contributed by atoms with van der Waals surface area (Å²) in [7, 11) is 0. The largest absolute Gasteiger partial charge is 0.409 e. The Hall–Kier alpha value is -1.91. The standard InChI is InChI=1S/C11H14N2O5/c12-7-1-2-8(14)3-6-11(17)18-13-9(15)4-5-10(13)16/h9,15H,1-2,4-5,7,12H2. The second-order valence-electron chi connectivity index (χ2n) is 3.68. The van der Waals surface area contributed by atoms with Crippen molar-refractivity contribution in [2.24, 2.45) is 5.73 Å². The highest BCUT2D eigenvalue weighted by atomic mass is 16.7. The molecular weight excluding hydrogens is 240 g/mol. The van der Waals surface area contributed by atoms with E-state index >= 15 is 0 Å². The van der Waals surface area contributed by atoms with E-state index in [1.54, 1.807) is 0 Å². The average molecular weight is 254 g/mol. The van der Waals surface area contributed by atoms with Gasteiger partial charge in [-0.05, 0) is 18.9 Å². The molecule has 98 valence electrons. The molecule has 0 aromatic heterocycles. The predicted molar refractivity (Wildman–Crippen MR) is 59.3 cm³/mol. The van der Waals surface area contributed by atoms with Crippen molar-refractivity contribution >= 4 is 17.7 Å². The van der Waals surface area contributed by atoms with Crippen LogP contribution in [0.15, 0.2) is 0 Å². The minimum absolute atomic E-state index is 0.108. The van der Waals surface area contributed by atoms with Gasteiger partial charge in [0, 0.05) is 25.2 Å². The molecule has 1 aliphatic rings. The summed E-state index contributed by atoms with van der Waals surface area (Å²) in [5.41, 5.74) is 5.21. The third kappa shape index (κ3) is 4.16. The van der Waals surface area contributed by atoms with Crippen LogP contribution in [0, 0.1) is 11.8 Å². The molecular formula is C11H14N2O5. The van der Waals surface area contributed by atoms with Gasteiger partial charge in [-0.2, -0.15) is 0 Å². The molecule has 0 saturated carbocycles. The number of ketones is 1. The lowest BCUT2D eigenvalue weighted by molar-refractivity contribution is -0.215. The second-order valence-corrected chi connectivity index (χ2v) is 3.68. The first kappa shape index (κ1) is 14.2. The second kappa shape index (κ2) is 6.74. The number of aliphatic hydroxyl groups excluding tert-OH is 1. The Labute approximate surface area is 104 Å². The van der Waals surface area contributed by atoms with E-state index in [0.717, 1.165) is 0 Å². The van der Waals surface area contributed by atoms with Crippen molar-refractivity contribution in [3.63, 3.8) is 0 Å². The number of nitrogens with two attached hydrogens (primary N) is 1. The van der Waals surface area contributed by atoms with Gasteiger partial charge in [0.15, 0.2) is 6.23 Å². The van der Waals surface area contributed by atoms with Gasteiger partial charge in [0.05, 0.1) is 0 Å². The summed E-state index contributed by atoms with van der Waals surface area (Å²) in [6.45, 7) is 0.367. The highest BCUT2D eigenvalue weighted by molar-refractivity contribution is 6.02. The molecule has 0 bridgehead atoms. The number of carbonyl (C=O) groups excluding carboxylic acids is 3. The van der Waals surface area contributed by atoms with Gasteiger partial charge >= 0.3 is 5.97 Å². The summed E-state index contributed by atoms with van der Waals surface area (Å²) in [6, 6.07) is 0. The van der Waals surface area contributed by atoms with Gasteiger partial charge in [-0.1, -0.05) is 0 Å². The van der Waals surface area contributed by atoms with Crippen molar-refractivity contribution in [3.05, 3.63) is 0 Å². The van der Waals surface area contributed by atoms with Crippen molar-refractivity contribution in [1.29, 1.82) is 0 Å². The minimum atomic E-state index is -1.14. The number of hydrogen-bond acceptors (Lipinski definition) is 6. The molecule has 1 unspecified atom stereocenters. The molecule has 3 N–H and O–H groups in total. The summed E-state index contributed by atoms with van der Waals surface area (Å²) in [4.78, 5) is 38.0. The van der Waals surface area contributed by atoms with E-state index in [0.29, 0.717) is 18.0 Å². The van der Waals surface area contributed by atoms with Crippen LogP contribution >= 0.6 is 0 Å². The summed E-state index contributed by atoms with van der Waals surface area (Å²) in [6.07, 6.45) is -0.170. The van der Waals surface area contributed by atoms with Gasteiger partial charge in [0.2, 0.25) is 5.78 Å². The van der Waals surface area contributed by atoms with E-state index < -0.39 is 23.9 Å². The zero-order valence-corrected chi connectivity index (χ0v) is 9.72. The smallest absolute Gasteiger partial charge is 0.370 e. The molecule has 7 heteroatoms. The summed E-state index contributed by atoms with van der Waals surface area (Å²) in [5, 5.41) is 9.87. The van der Waals surface area contributed by atoms with Gasteiger partial charge < -0.3 is 15.7 Å². The van der Waals surface area contributed by atoms with E-state index in [-0.39, 0.29) is 19.3 Å². The molecule has 0 aliphatic carbocycles. The van der Waals surface area contributed by atoms with Crippen molar-refractivity contribution in [3.8, 4) is 11.8 Å².